The third-order valence-electron chi connectivity index (χ3n) is 9.12. The first-order chi connectivity index (χ1) is 15.6. The summed E-state index contributed by atoms with van der Waals surface area (Å²) in [5.74, 6) is 3.82. The molecule has 0 aromatic heterocycles. The lowest BCUT2D eigenvalue weighted by Crippen LogP contribution is -2.57. The van der Waals surface area contributed by atoms with Crippen LogP contribution in [-0.2, 0) is 4.79 Å². The summed E-state index contributed by atoms with van der Waals surface area (Å²) in [6, 6.07) is 14.5. The fraction of sp³-hybridized carbons (Fsp3) is 0.571. The average Bonchev–Trinajstić information content (AvgIpc) is 2.82. The van der Waals surface area contributed by atoms with Crippen molar-refractivity contribution in [1.82, 2.24) is 9.80 Å². The van der Waals surface area contributed by atoms with E-state index in [1.165, 1.54) is 32.1 Å². The van der Waals surface area contributed by atoms with Crippen molar-refractivity contribution in [3.63, 3.8) is 0 Å². The highest BCUT2D eigenvalue weighted by Crippen LogP contribution is 2.55. The standard InChI is InChI=1S/C28H34N2O2/c1-29(26-22-14-18-13-19(16-22)17-23(26)15-18)27(31)21-9-11-30(12-10-21)28(32)25-8-4-6-20-5-2-3-7-24(20)25/h2-8,18-19,21-23,26H,9-17H2,1H3. The molecule has 0 radical (unpaired) electrons. The quantitative estimate of drug-likeness (QED) is 0.689. The minimum Gasteiger partial charge on any atom is -0.342 e. The van der Waals surface area contributed by atoms with Gasteiger partial charge in [0.2, 0.25) is 5.91 Å². The molecule has 0 unspecified atom stereocenters. The van der Waals surface area contributed by atoms with Crippen LogP contribution in [0.15, 0.2) is 42.5 Å². The topological polar surface area (TPSA) is 40.6 Å². The normalized spacial score (nSPS) is 31.8. The predicted molar refractivity (Wildman–Crippen MR) is 126 cm³/mol. The van der Waals surface area contributed by atoms with Gasteiger partial charge in [0.15, 0.2) is 0 Å². The fourth-order valence-corrected chi connectivity index (χ4v) is 7.88. The van der Waals surface area contributed by atoms with Crippen molar-refractivity contribution in [3.05, 3.63) is 48.0 Å². The molecule has 4 aliphatic carbocycles. The van der Waals surface area contributed by atoms with Crippen LogP contribution in [0, 0.1) is 29.6 Å². The van der Waals surface area contributed by atoms with Crippen LogP contribution in [0.5, 0.6) is 0 Å². The lowest BCUT2D eigenvalue weighted by molar-refractivity contribution is -0.146. The van der Waals surface area contributed by atoms with Gasteiger partial charge in [0.25, 0.3) is 5.91 Å². The molecule has 1 saturated heterocycles. The molecular weight excluding hydrogens is 396 g/mol. The summed E-state index contributed by atoms with van der Waals surface area (Å²) in [5, 5.41) is 2.11. The van der Waals surface area contributed by atoms with Crippen LogP contribution >= 0.6 is 0 Å². The van der Waals surface area contributed by atoms with Crippen molar-refractivity contribution in [3.8, 4) is 0 Å². The molecule has 2 aromatic carbocycles. The number of benzene rings is 2. The lowest BCUT2D eigenvalue weighted by Gasteiger charge is -2.57. The average molecular weight is 431 g/mol. The first kappa shape index (κ1) is 20.3. The molecule has 1 heterocycles. The molecule has 4 nitrogen and oxygen atoms in total. The zero-order valence-corrected chi connectivity index (χ0v) is 19.1. The number of carbonyl (C=O) groups is 2. The van der Waals surface area contributed by atoms with E-state index in [2.05, 4.69) is 24.1 Å². The van der Waals surface area contributed by atoms with Crippen molar-refractivity contribution in [2.24, 2.45) is 29.6 Å². The molecular formula is C28H34N2O2. The highest BCUT2D eigenvalue weighted by Gasteiger charge is 2.50. The van der Waals surface area contributed by atoms with Crippen LogP contribution in [-0.4, -0.2) is 47.8 Å². The van der Waals surface area contributed by atoms with E-state index in [4.69, 9.17) is 0 Å². The largest absolute Gasteiger partial charge is 0.342 e. The van der Waals surface area contributed by atoms with Crippen LogP contribution in [0.1, 0.15) is 55.3 Å². The second kappa shape index (κ2) is 7.90. The molecule has 4 bridgehead atoms. The second-order valence-electron chi connectivity index (χ2n) is 11.0. The van der Waals surface area contributed by atoms with Crippen LogP contribution < -0.4 is 0 Å². The molecule has 168 valence electrons. The zero-order chi connectivity index (χ0) is 21.8. The minimum atomic E-state index is 0.0637. The van der Waals surface area contributed by atoms with Gasteiger partial charge in [-0.25, -0.2) is 0 Å². The van der Waals surface area contributed by atoms with Crippen LogP contribution in [0.4, 0.5) is 0 Å². The number of hydrogen-bond acceptors (Lipinski definition) is 2. The number of amides is 2. The molecule has 0 N–H and O–H groups in total. The van der Waals surface area contributed by atoms with E-state index >= 15 is 0 Å². The number of nitrogens with zero attached hydrogens (tertiary/aromatic N) is 2. The Labute approximate surface area is 191 Å². The molecule has 0 spiro atoms. The molecule has 1 aliphatic heterocycles. The molecule has 5 fully saturated rings. The minimum absolute atomic E-state index is 0.0637. The molecule has 2 amide bonds. The van der Waals surface area contributed by atoms with E-state index < -0.39 is 0 Å². The molecule has 2 aromatic rings. The smallest absolute Gasteiger partial charge is 0.254 e. The van der Waals surface area contributed by atoms with Crippen LogP contribution in [0.3, 0.4) is 0 Å². The Morgan fingerprint density at radius 1 is 0.844 bits per heavy atom. The van der Waals surface area contributed by atoms with Gasteiger partial charge in [-0.15, -0.1) is 0 Å². The number of carbonyl (C=O) groups excluding carboxylic acids is 2. The summed E-state index contributed by atoms with van der Waals surface area (Å²) in [6.07, 6.45) is 8.38. The maximum Gasteiger partial charge on any atom is 0.254 e. The van der Waals surface area contributed by atoms with Gasteiger partial charge in [-0.1, -0.05) is 36.4 Å². The van der Waals surface area contributed by atoms with Crippen molar-refractivity contribution in [2.75, 3.05) is 20.1 Å². The van der Waals surface area contributed by atoms with Gasteiger partial charge in [0.05, 0.1) is 0 Å². The van der Waals surface area contributed by atoms with E-state index in [9.17, 15) is 9.59 Å². The molecule has 7 rings (SSSR count). The number of fused-ring (bicyclic) bond motifs is 1. The maximum atomic E-state index is 13.5. The predicted octanol–water partition coefficient (Wildman–Crippen LogP) is 4.98. The van der Waals surface area contributed by atoms with Crippen molar-refractivity contribution in [1.29, 1.82) is 0 Å². The van der Waals surface area contributed by atoms with Gasteiger partial charge in [-0.2, -0.15) is 0 Å². The summed E-state index contributed by atoms with van der Waals surface area (Å²) in [7, 11) is 2.07. The Hall–Kier alpha value is -2.36. The molecule has 32 heavy (non-hydrogen) atoms. The van der Waals surface area contributed by atoms with Gasteiger partial charge in [-0.05, 0) is 85.5 Å². The Bertz CT molecular complexity index is 1010. The van der Waals surface area contributed by atoms with Crippen molar-refractivity contribution in [2.45, 2.75) is 51.0 Å². The summed E-state index contributed by atoms with van der Waals surface area (Å²) < 4.78 is 0. The van der Waals surface area contributed by atoms with Gasteiger partial charge in [0.1, 0.15) is 0 Å². The number of piperidine rings is 1. The van der Waals surface area contributed by atoms with Crippen LogP contribution in [0.25, 0.3) is 10.8 Å². The molecule has 4 saturated carbocycles. The Balaban J connectivity index is 1.11. The monoisotopic (exact) mass is 430 g/mol. The van der Waals surface area contributed by atoms with E-state index in [-0.39, 0.29) is 11.8 Å². The Morgan fingerprint density at radius 2 is 1.47 bits per heavy atom. The summed E-state index contributed by atoms with van der Waals surface area (Å²) in [4.78, 5) is 30.8. The summed E-state index contributed by atoms with van der Waals surface area (Å²) in [5.41, 5.74) is 0.776. The van der Waals surface area contributed by atoms with E-state index in [1.54, 1.807) is 0 Å². The van der Waals surface area contributed by atoms with E-state index in [0.29, 0.717) is 25.0 Å². The molecule has 4 heteroatoms. The summed E-state index contributed by atoms with van der Waals surface area (Å²) in [6.45, 7) is 1.35. The first-order valence-electron chi connectivity index (χ1n) is 12.6. The van der Waals surface area contributed by atoms with Crippen molar-refractivity contribution < 1.29 is 9.59 Å². The molecule has 5 aliphatic rings. The Morgan fingerprint density at radius 3 is 2.16 bits per heavy atom. The van der Waals surface area contributed by atoms with E-state index in [0.717, 1.165) is 52.8 Å². The molecule has 0 atom stereocenters. The van der Waals surface area contributed by atoms with E-state index in [1.807, 2.05) is 35.2 Å². The zero-order valence-electron chi connectivity index (χ0n) is 19.1. The van der Waals surface area contributed by atoms with Gasteiger partial charge in [0, 0.05) is 37.7 Å². The number of likely N-dealkylation sites (tertiary alicyclic amines) is 1. The Kier molecular flexibility index (Phi) is 5.00. The van der Waals surface area contributed by atoms with Crippen LogP contribution in [0.2, 0.25) is 0 Å². The maximum absolute atomic E-state index is 13.5. The van der Waals surface area contributed by atoms with Gasteiger partial charge < -0.3 is 9.80 Å². The highest BCUT2D eigenvalue weighted by molar-refractivity contribution is 6.07. The summed E-state index contributed by atoms with van der Waals surface area (Å²) >= 11 is 0. The number of hydrogen-bond donors (Lipinski definition) is 0. The highest BCUT2D eigenvalue weighted by atomic mass is 16.2. The lowest BCUT2D eigenvalue weighted by atomic mass is 9.54. The third kappa shape index (κ3) is 3.34. The third-order valence-corrected chi connectivity index (χ3v) is 9.12. The van der Waals surface area contributed by atoms with Crippen molar-refractivity contribution >= 4 is 22.6 Å². The fourth-order valence-electron chi connectivity index (χ4n) is 7.88. The SMILES string of the molecule is CN(C(=O)C1CCN(C(=O)c2cccc3ccccc23)CC1)C1C2CC3CC(C2)CC1C3. The van der Waals surface area contributed by atoms with Gasteiger partial charge >= 0.3 is 0 Å². The first-order valence-corrected chi connectivity index (χ1v) is 12.6. The second-order valence-corrected chi connectivity index (χ2v) is 11.0. The van der Waals surface area contributed by atoms with Gasteiger partial charge in [-0.3, -0.25) is 9.59 Å². The number of rotatable bonds is 3.